The second-order valence-electron chi connectivity index (χ2n) is 8.06. The minimum absolute atomic E-state index is 0.265. The Hall–Kier alpha value is -2.45. The molecule has 1 saturated carbocycles. The summed E-state index contributed by atoms with van der Waals surface area (Å²) in [6, 6.07) is 7.17. The van der Waals surface area contributed by atoms with Crippen molar-refractivity contribution in [2.75, 3.05) is 38.2 Å². The number of nitrogens with zero attached hydrogens (tertiary/aromatic N) is 2. The normalized spacial score (nSPS) is 22.0. The summed E-state index contributed by atoms with van der Waals surface area (Å²) in [5.41, 5.74) is 0.913. The molecule has 0 atom stereocenters. The minimum Gasteiger partial charge on any atom is -0.379 e. The number of imide groups is 1. The maximum absolute atomic E-state index is 12.9. The van der Waals surface area contributed by atoms with Gasteiger partial charge < -0.3 is 15.4 Å². The van der Waals surface area contributed by atoms with Gasteiger partial charge in [0.2, 0.25) is 5.91 Å². The predicted octanol–water partition coefficient (Wildman–Crippen LogP) is 1.71. The van der Waals surface area contributed by atoms with Gasteiger partial charge in [-0.2, -0.15) is 0 Å². The lowest BCUT2D eigenvalue weighted by atomic mass is 9.82. The molecule has 2 heterocycles. The Bertz CT molecular complexity index is 785. The van der Waals surface area contributed by atoms with Gasteiger partial charge in [0.05, 0.1) is 13.2 Å². The van der Waals surface area contributed by atoms with E-state index in [1.807, 2.05) is 24.3 Å². The molecule has 2 N–H and O–H groups in total. The van der Waals surface area contributed by atoms with Crippen LogP contribution < -0.4 is 10.6 Å². The molecule has 4 rings (SSSR count). The monoisotopic (exact) mass is 400 g/mol. The van der Waals surface area contributed by atoms with Crippen LogP contribution in [-0.4, -0.2) is 66.0 Å². The number of ether oxygens (including phenoxy) is 1. The number of urea groups is 1. The molecular formula is C21H28N4O4. The molecule has 1 aromatic rings. The van der Waals surface area contributed by atoms with Crippen LogP contribution in [0.4, 0.5) is 10.5 Å². The second kappa shape index (κ2) is 8.51. The molecule has 3 aliphatic rings. The summed E-state index contributed by atoms with van der Waals surface area (Å²) in [6.45, 7) is 3.58. The lowest BCUT2D eigenvalue weighted by molar-refractivity contribution is -0.134. The van der Waals surface area contributed by atoms with Gasteiger partial charge in [-0.05, 0) is 24.5 Å². The van der Waals surface area contributed by atoms with Crippen molar-refractivity contribution in [2.24, 2.45) is 0 Å². The van der Waals surface area contributed by atoms with Crippen LogP contribution in [0, 0.1) is 0 Å². The van der Waals surface area contributed by atoms with Gasteiger partial charge in [0.15, 0.2) is 0 Å². The van der Waals surface area contributed by atoms with E-state index >= 15 is 0 Å². The highest BCUT2D eigenvalue weighted by Gasteiger charge is 2.51. The average Bonchev–Trinajstić information content (AvgIpc) is 2.95. The van der Waals surface area contributed by atoms with Crippen molar-refractivity contribution < 1.29 is 19.1 Å². The second-order valence-corrected chi connectivity index (χ2v) is 8.06. The molecule has 0 bridgehead atoms. The molecule has 8 nitrogen and oxygen atoms in total. The SMILES string of the molecule is O=C(CN1C(=O)NC2(CCCCC2)C1=O)Nc1ccccc1CN1CCOCC1. The van der Waals surface area contributed by atoms with Gasteiger partial charge in [0.1, 0.15) is 12.1 Å². The Morgan fingerprint density at radius 3 is 2.59 bits per heavy atom. The fourth-order valence-electron chi connectivity index (χ4n) is 4.43. The predicted molar refractivity (Wildman–Crippen MR) is 107 cm³/mol. The molecule has 8 heteroatoms. The van der Waals surface area contributed by atoms with E-state index in [-0.39, 0.29) is 18.4 Å². The van der Waals surface area contributed by atoms with Gasteiger partial charge in [0, 0.05) is 25.3 Å². The van der Waals surface area contributed by atoms with Crippen molar-refractivity contribution >= 4 is 23.5 Å². The number of carbonyl (C=O) groups is 3. The number of rotatable bonds is 5. The lowest BCUT2D eigenvalue weighted by Crippen LogP contribution is -2.48. The summed E-state index contributed by atoms with van der Waals surface area (Å²) in [6.07, 6.45) is 4.21. The summed E-state index contributed by atoms with van der Waals surface area (Å²) < 4.78 is 5.39. The summed E-state index contributed by atoms with van der Waals surface area (Å²) in [4.78, 5) is 41.2. The van der Waals surface area contributed by atoms with Crippen molar-refractivity contribution in [3.05, 3.63) is 29.8 Å². The number of hydrogen-bond acceptors (Lipinski definition) is 5. The minimum atomic E-state index is -0.802. The number of anilines is 1. The van der Waals surface area contributed by atoms with Gasteiger partial charge in [0.25, 0.3) is 5.91 Å². The molecule has 1 spiro atoms. The third-order valence-electron chi connectivity index (χ3n) is 6.04. The first-order valence-electron chi connectivity index (χ1n) is 10.4. The molecule has 3 fully saturated rings. The van der Waals surface area contributed by atoms with Crippen LogP contribution in [0.15, 0.2) is 24.3 Å². The maximum Gasteiger partial charge on any atom is 0.325 e. The Balaban J connectivity index is 1.40. The van der Waals surface area contributed by atoms with E-state index in [4.69, 9.17) is 4.74 Å². The first-order valence-corrected chi connectivity index (χ1v) is 10.4. The number of nitrogens with one attached hydrogen (secondary N) is 2. The highest BCUT2D eigenvalue weighted by Crippen LogP contribution is 2.33. The number of carbonyl (C=O) groups excluding carboxylic acids is 3. The zero-order valence-electron chi connectivity index (χ0n) is 16.6. The van der Waals surface area contributed by atoms with Crippen LogP contribution in [0.5, 0.6) is 0 Å². The van der Waals surface area contributed by atoms with Gasteiger partial charge in [-0.15, -0.1) is 0 Å². The first kappa shape index (κ1) is 19.8. The number of morpholine rings is 1. The van der Waals surface area contributed by atoms with E-state index in [0.29, 0.717) is 38.3 Å². The third-order valence-corrected chi connectivity index (χ3v) is 6.04. The number of para-hydroxylation sites is 1. The van der Waals surface area contributed by atoms with Crippen LogP contribution in [0.25, 0.3) is 0 Å². The van der Waals surface area contributed by atoms with E-state index in [1.165, 1.54) is 0 Å². The lowest BCUT2D eigenvalue weighted by Gasteiger charge is -2.30. The van der Waals surface area contributed by atoms with Gasteiger partial charge in [-0.3, -0.25) is 19.4 Å². The summed E-state index contributed by atoms with van der Waals surface area (Å²) in [7, 11) is 0. The van der Waals surface area contributed by atoms with Crippen LogP contribution in [0.3, 0.4) is 0 Å². The van der Waals surface area contributed by atoms with Crippen molar-refractivity contribution in [1.82, 2.24) is 15.1 Å². The molecule has 0 unspecified atom stereocenters. The highest BCUT2D eigenvalue weighted by atomic mass is 16.5. The number of benzene rings is 1. The van der Waals surface area contributed by atoms with E-state index in [9.17, 15) is 14.4 Å². The zero-order chi connectivity index (χ0) is 20.3. The topological polar surface area (TPSA) is 91.0 Å². The molecule has 2 saturated heterocycles. The summed E-state index contributed by atoms with van der Waals surface area (Å²) in [5, 5.41) is 5.73. The molecule has 0 aromatic heterocycles. The van der Waals surface area contributed by atoms with Crippen molar-refractivity contribution in [2.45, 2.75) is 44.2 Å². The van der Waals surface area contributed by atoms with E-state index < -0.39 is 11.6 Å². The zero-order valence-corrected chi connectivity index (χ0v) is 16.6. The average molecular weight is 400 g/mol. The Morgan fingerprint density at radius 1 is 1.10 bits per heavy atom. The summed E-state index contributed by atoms with van der Waals surface area (Å²) in [5.74, 6) is -0.630. The molecular weight excluding hydrogens is 372 g/mol. The summed E-state index contributed by atoms with van der Waals surface area (Å²) >= 11 is 0. The van der Waals surface area contributed by atoms with Crippen LogP contribution in [0.2, 0.25) is 0 Å². The molecule has 4 amide bonds. The van der Waals surface area contributed by atoms with Gasteiger partial charge in [-0.1, -0.05) is 37.5 Å². The van der Waals surface area contributed by atoms with Crippen LogP contribution in [0.1, 0.15) is 37.7 Å². The molecule has 0 radical (unpaired) electrons. The van der Waals surface area contributed by atoms with Gasteiger partial charge in [-0.25, -0.2) is 4.79 Å². The maximum atomic E-state index is 12.9. The quantitative estimate of drug-likeness (QED) is 0.735. The van der Waals surface area contributed by atoms with E-state index in [0.717, 1.165) is 42.8 Å². The highest BCUT2D eigenvalue weighted by molar-refractivity contribution is 6.10. The molecule has 2 aliphatic heterocycles. The first-order chi connectivity index (χ1) is 14.1. The molecule has 1 aromatic carbocycles. The molecule has 156 valence electrons. The Morgan fingerprint density at radius 2 is 1.83 bits per heavy atom. The van der Waals surface area contributed by atoms with Gasteiger partial charge >= 0.3 is 6.03 Å². The molecule has 29 heavy (non-hydrogen) atoms. The van der Waals surface area contributed by atoms with E-state index in [2.05, 4.69) is 15.5 Å². The fraction of sp³-hybridized carbons (Fsp3) is 0.571. The number of hydrogen-bond donors (Lipinski definition) is 2. The van der Waals surface area contributed by atoms with Crippen molar-refractivity contribution in [3.63, 3.8) is 0 Å². The van der Waals surface area contributed by atoms with Crippen LogP contribution in [-0.2, 0) is 20.9 Å². The smallest absolute Gasteiger partial charge is 0.325 e. The third kappa shape index (κ3) is 4.28. The van der Waals surface area contributed by atoms with Crippen molar-refractivity contribution in [1.29, 1.82) is 0 Å². The van der Waals surface area contributed by atoms with Crippen molar-refractivity contribution in [3.8, 4) is 0 Å². The Kier molecular flexibility index (Phi) is 5.82. The Labute approximate surface area is 170 Å². The fourth-order valence-corrected chi connectivity index (χ4v) is 4.43. The standard InChI is InChI=1S/C21H28N4O4/c26-18(15-25-19(27)21(23-20(25)28)8-4-1-5-9-21)22-17-7-3-2-6-16(17)14-24-10-12-29-13-11-24/h2-3,6-7H,1,4-5,8-15H2,(H,22,26)(H,23,28). The van der Waals surface area contributed by atoms with E-state index in [1.54, 1.807) is 0 Å². The number of amides is 4. The molecule has 1 aliphatic carbocycles. The largest absolute Gasteiger partial charge is 0.379 e. The van der Waals surface area contributed by atoms with Crippen LogP contribution >= 0.6 is 0 Å².